The van der Waals surface area contributed by atoms with Crippen LogP contribution in [0.3, 0.4) is 0 Å². The van der Waals surface area contributed by atoms with Crippen molar-refractivity contribution in [1.29, 1.82) is 0 Å². The first-order valence-electron chi connectivity index (χ1n) is 7.47. The third-order valence-electron chi connectivity index (χ3n) is 4.11. The van der Waals surface area contributed by atoms with Gasteiger partial charge in [-0.1, -0.05) is 11.6 Å². The van der Waals surface area contributed by atoms with Crippen LogP contribution in [-0.4, -0.2) is 77.2 Å². The van der Waals surface area contributed by atoms with Gasteiger partial charge in [0.05, 0.1) is 30.8 Å². The average molecular weight is 340 g/mol. The number of nitrogens with zero attached hydrogens (tertiary/aromatic N) is 3. The Kier molecular flexibility index (Phi) is 4.79. The SMILES string of the molecule is O=C(O)CN1C[C@@H]2COC[C@H](C1)N(C(=O)c1ccc(Cl)cn1)C2. The van der Waals surface area contributed by atoms with Gasteiger partial charge >= 0.3 is 5.97 Å². The smallest absolute Gasteiger partial charge is 0.317 e. The largest absolute Gasteiger partial charge is 0.480 e. The van der Waals surface area contributed by atoms with Gasteiger partial charge in [-0.2, -0.15) is 0 Å². The van der Waals surface area contributed by atoms with Crippen LogP contribution in [0.5, 0.6) is 0 Å². The third-order valence-corrected chi connectivity index (χ3v) is 4.33. The number of carbonyl (C=O) groups is 2. The predicted molar refractivity (Wildman–Crippen MR) is 82.5 cm³/mol. The van der Waals surface area contributed by atoms with Crippen molar-refractivity contribution >= 4 is 23.5 Å². The minimum absolute atomic E-state index is 0.0196. The predicted octanol–water partition coefficient (Wildman–Crippen LogP) is 0.592. The van der Waals surface area contributed by atoms with E-state index in [1.54, 1.807) is 17.0 Å². The van der Waals surface area contributed by atoms with Crippen molar-refractivity contribution in [3.8, 4) is 0 Å². The summed E-state index contributed by atoms with van der Waals surface area (Å²) in [5.41, 5.74) is 0.340. The lowest BCUT2D eigenvalue weighted by molar-refractivity contribution is -0.138. The van der Waals surface area contributed by atoms with Gasteiger partial charge < -0.3 is 14.7 Å². The van der Waals surface area contributed by atoms with Crippen molar-refractivity contribution < 1.29 is 19.4 Å². The molecule has 0 aliphatic carbocycles. The molecule has 3 heterocycles. The zero-order chi connectivity index (χ0) is 16.4. The second kappa shape index (κ2) is 6.82. The summed E-state index contributed by atoms with van der Waals surface area (Å²) < 4.78 is 5.64. The molecule has 23 heavy (non-hydrogen) atoms. The molecule has 8 heteroatoms. The number of carboxylic acid groups (broad SMARTS) is 1. The molecule has 124 valence electrons. The normalized spacial score (nSPS) is 25.0. The van der Waals surface area contributed by atoms with E-state index >= 15 is 0 Å². The highest BCUT2D eigenvalue weighted by Crippen LogP contribution is 2.21. The lowest BCUT2D eigenvalue weighted by atomic mass is 10.1. The number of fused-ring (bicyclic) bond motifs is 3. The summed E-state index contributed by atoms with van der Waals surface area (Å²) in [4.78, 5) is 31.5. The summed E-state index contributed by atoms with van der Waals surface area (Å²) in [7, 11) is 0. The number of aliphatic carboxylic acids is 1. The van der Waals surface area contributed by atoms with Crippen LogP contribution < -0.4 is 0 Å². The molecular weight excluding hydrogens is 322 g/mol. The fraction of sp³-hybridized carbons (Fsp3) is 0.533. The van der Waals surface area contributed by atoms with Crippen LogP contribution in [-0.2, 0) is 9.53 Å². The van der Waals surface area contributed by atoms with Crippen LogP contribution in [0.4, 0.5) is 0 Å². The van der Waals surface area contributed by atoms with Gasteiger partial charge in [0.2, 0.25) is 0 Å². The van der Waals surface area contributed by atoms with Crippen molar-refractivity contribution in [2.75, 3.05) is 39.4 Å². The Morgan fingerprint density at radius 3 is 2.83 bits per heavy atom. The maximum atomic E-state index is 12.8. The quantitative estimate of drug-likeness (QED) is 0.868. The molecule has 1 aromatic rings. The van der Waals surface area contributed by atoms with Crippen LogP contribution in [0, 0.1) is 5.92 Å². The van der Waals surface area contributed by atoms with Gasteiger partial charge in [0.15, 0.2) is 0 Å². The van der Waals surface area contributed by atoms with Gasteiger partial charge in [-0.15, -0.1) is 0 Å². The van der Waals surface area contributed by atoms with Crippen LogP contribution in [0.25, 0.3) is 0 Å². The summed E-state index contributed by atoms with van der Waals surface area (Å²) in [5, 5.41) is 9.50. The van der Waals surface area contributed by atoms with Crippen molar-refractivity contribution in [3.05, 3.63) is 29.0 Å². The first kappa shape index (κ1) is 16.2. The minimum Gasteiger partial charge on any atom is -0.480 e. The van der Waals surface area contributed by atoms with E-state index in [1.165, 1.54) is 6.20 Å². The van der Waals surface area contributed by atoms with E-state index in [1.807, 2.05) is 4.90 Å². The molecule has 1 amide bonds. The van der Waals surface area contributed by atoms with E-state index in [4.69, 9.17) is 21.4 Å². The first-order valence-corrected chi connectivity index (χ1v) is 7.85. The molecule has 7 nitrogen and oxygen atoms in total. The Bertz CT molecular complexity index is 595. The molecule has 0 spiro atoms. The average Bonchev–Trinajstić information content (AvgIpc) is 2.77. The number of halogens is 1. The van der Waals surface area contributed by atoms with Crippen LogP contribution in [0.2, 0.25) is 5.02 Å². The van der Waals surface area contributed by atoms with E-state index in [9.17, 15) is 9.59 Å². The maximum Gasteiger partial charge on any atom is 0.317 e. The Labute approximate surface area is 138 Å². The first-order chi connectivity index (χ1) is 11.0. The number of ether oxygens (including phenoxy) is 1. The van der Waals surface area contributed by atoms with E-state index in [0.29, 0.717) is 43.6 Å². The highest BCUT2D eigenvalue weighted by molar-refractivity contribution is 6.30. The molecule has 2 bridgehead atoms. The Morgan fingerprint density at radius 1 is 1.30 bits per heavy atom. The van der Waals surface area contributed by atoms with Crippen LogP contribution in [0.1, 0.15) is 10.5 Å². The van der Waals surface area contributed by atoms with Gasteiger partial charge in [0, 0.05) is 31.7 Å². The maximum absolute atomic E-state index is 12.8. The van der Waals surface area contributed by atoms with Crippen molar-refractivity contribution in [3.63, 3.8) is 0 Å². The lowest BCUT2D eigenvalue weighted by Crippen LogP contribution is -2.47. The zero-order valence-corrected chi connectivity index (χ0v) is 13.3. The highest BCUT2D eigenvalue weighted by atomic mass is 35.5. The third kappa shape index (κ3) is 3.80. The van der Waals surface area contributed by atoms with Gasteiger partial charge in [0.25, 0.3) is 5.91 Å². The molecule has 0 saturated carbocycles. The summed E-state index contributed by atoms with van der Waals surface area (Å²) in [5.74, 6) is -0.930. The molecule has 3 rings (SSSR count). The molecule has 1 N–H and O–H groups in total. The molecule has 2 atom stereocenters. The monoisotopic (exact) mass is 339 g/mol. The molecule has 2 saturated heterocycles. The summed E-state index contributed by atoms with van der Waals surface area (Å²) in [6.07, 6.45) is 1.45. The Morgan fingerprint density at radius 2 is 2.13 bits per heavy atom. The molecule has 0 unspecified atom stereocenters. The number of carboxylic acids is 1. The number of pyridine rings is 1. The Hall–Kier alpha value is -1.70. The van der Waals surface area contributed by atoms with Gasteiger partial charge in [0.1, 0.15) is 5.69 Å². The molecule has 2 aliphatic heterocycles. The Balaban J connectivity index is 1.80. The number of hydrogen-bond donors (Lipinski definition) is 1. The van der Waals surface area contributed by atoms with E-state index in [2.05, 4.69) is 4.98 Å². The number of hydrogen-bond acceptors (Lipinski definition) is 5. The topological polar surface area (TPSA) is 83.0 Å². The fourth-order valence-corrected chi connectivity index (χ4v) is 3.27. The molecular formula is C15H18ClN3O4. The number of aromatic nitrogens is 1. The molecule has 0 radical (unpaired) electrons. The van der Waals surface area contributed by atoms with Gasteiger partial charge in [-0.25, -0.2) is 4.98 Å². The van der Waals surface area contributed by atoms with E-state index < -0.39 is 5.97 Å². The number of amides is 1. The number of carbonyl (C=O) groups excluding carboxylic acids is 1. The second-order valence-electron chi connectivity index (χ2n) is 5.96. The van der Waals surface area contributed by atoms with Gasteiger partial charge in [-0.05, 0) is 12.1 Å². The van der Waals surface area contributed by atoms with E-state index in [0.717, 1.165) is 0 Å². The fourth-order valence-electron chi connectivity index (χ4n) is 3.16. The minimum atomic E-state index is -0.858. The summed E-state index contributed by atoms with van der Waals surface area (Å²) in [6, 6.07) is 3.07. The van der Waals surface area contributed by atoms with Crippen molar-refractivity contribution in [2.24, 2.45) is 5.92 Å². The summed E-state index contributed by atoms with van der Waals surface area (Å²) in [6.45, 7) is 2.57. The molecule has 0 aromatic carbocycles. The van der Waals surface area contributed by atoms with Crippen LogP contribution >= 0.6 is 11.6 Å². The second-order valence-corrected chi connectivity index (χ2v) is 6.40. The molecule has 1 aromatic heterocycles. The highest BCUT2D eigenvalue weighted by Gasteiger charge is 2.36. The lowest BCUT2D eigenvalue weighted by Gasteiger charge is -2.30. The van der Waals surface area contributed by atoms with Crippen LogP contribution in [0.15, 0.2) is 18.3 Å². The zero-order valence-electron chi connectivity index (χ0n) is 12.5. The number of rotatable bonds is 3. The summed E-state index contributed by atoms with van der Waals surface area (Å²) >= 11 is 5.82. The van der Waals surface area contributed by atoms with Crippen molar-refractivity contribution in [1.82, 2.24) is 14.8 Å². The molecule has 2 fully saturated rings. The van der Waals surface area contributed by atoms with E-state index in [-0.39, 0.29) is 24.4 Å². The van der Waals surface area contributed by atoms with Crippen molar-refractivity contribution in [2.45, 2.75) is 6.04 Å². The molecule has 2 aliphatic rings. The van der Waals surface area contributed by atoms with Gasteiger partial charge in [-0.3, -0.25) is 14.5 Å². The standard InChI is InChI=1S/C15H18ClN3O4/c16-11-1-2-13(17-3-11)15(22)19-5-10-4-18(7-14(20)21)6-12(19)9-23-8-10/h1-3,10,12H,4-9H2,(H,20,21)/t10-,12-/m0/s1.